The van der Waals surface area contributed by atoms with Crippen molar-refractivity contribution in [2.24, 2.45) is 0 Å². The summed E-state index contributed by atoms with van der Waals surface area (Å²) in [5.74, 6) is 3.88. The lowest BCUT2D eigenvalue weighted by molar-refractivity contribution is -0.624. The van der Waals surface area contributed by atoms with E-state index < -0.39 is 0 Å². The van der Waals surface area contributed by atoms with Gasteiger partial charge in [-0.15, -0.1) is 0 Å². The molecule has 2 aromatic heterocycles. The maximum Gasteiger partial charge on any atom is 0.293 e. The quantitative estimate of drug-likeness (QED) is 0.318. The molecule has 0 aliphatic carbocycles. The molecule has 37 heavy (non-hydrogen) atoms. The molecule has 0 radical (unpaired) electrons. The minimum absolute atomic E-state index is 0.547. The average molecular weight is 485 g/mol. The predicted molar refractivity (Wildman–Crippen MR) is 142 cm³/mol. The Morgan fingerprint density at radius 3 is 1.16 bits per heavy atom. The van der Waals surface area contributed by atoms with Gasteiger partial charge in [0.25, 0.3) is 11.6 Å². The molecule has 6 nitrogen and oxygen atoms in total. The molecule has 0 bridgehead atoms. The molecular weight excluding hydrogens is 456 g/mol. The van der Waals surface area contributed by atoms with E-state index >= 15 is 0 Å². The molecule has 0 spiro atoms. The lowest BCUT2D eigenvalue weighted by Gasteiger charge is -2.03. The lowest BCUT2D eigenvalue weighted by atomic mass is 10.2. The highest BCUT2D eigenvalue weighted by molar-refractivity contribution is 5.33. The highest BCUT2D eigenvalue weighted by Crippen LogP contribution is 2.15. The fourth-order valence-corrected chi connectivity index (χ4v) is 4.85. The second-order valence-electron chi connectivity index (χ2n) is 8.94. The smallest absolute Gasteiger partial charge is 0.197 e. The number of rotatable bonds is 6. The van der Waals surface area contributed by atoms with Crippen molar-refractivity contribution in [3.63, 3.8) is 0 Å². The molecule has 2 heterocycles. The molecule has 6 aromatic rings. The minimum Gasteiger partial charge on any atom is -0.197 e. The molecule has 0 aliphatic rings. The first-order valence-corrected chi connectivity index (χ1v) is 12.4. The Hall–Kier alpha value is -4.84. The van der Waals surface area contributed by atoms with Crippen LogP contribution >= 0.6 is 0 Å². The molecule has 0 saturated carbocycles. The number of benzene rings is 4. The van der Waals surface area contributed by atoms with Crippen LogP contribution < -0.4 is 9.13 Å². The van der Waals surface area contributed by atoms with Crippen LogP contribution in [0.1, 0.15) is 23.3 Å². The van der Waals surface area contributed by atoms with Gasteiger partial charge in [0.2, 0.25) is 11.6 Å². The molecule has 4 aromatic carbocycles. The van der Waals surface area contributed by atoms with E-state index in [-0.39, 0.29) is 0 Å². The summed E-state index contributed by atoms with van der Waals surface area (Å²) >= 11 is 0. The normalized spacial score (nSPS) is 11.1. The molecule has 0 amide bonds. The van der Waals surface area contributed by atoms with Gasteiger partial charge in [0, 0.05) is 24.0 Å². The molecule has 0 saturated heterocycles. The maximum atomic E-state index is 5.12. The van der Waals surface area contributed by atoms with Gasteiger partial charge in [-0.25, -0.2) is 0 Å². The third kappa shape index (κ3) is 4.23. The van der Waals surface area contributed by atoms with Crippen LogP contribution in [0.2, 0.25) is 0 Å². The Bertz CT molecular complexity index is 1510. The standard InChI is InChI=1S/C31H28N6/c1-24-34(26-15-7-3-8-16-26)30(32-36(24)28-19-11-5-12-20-28)23-31-33-37(29-21-13-6-14-22-29)25(2)35(31)27-17-9-4-10-18-27/h3-22H,23H2,1-2H3/q+2. The summed E-state index contributed by atoms with van der Waals surface area (Å²) in [4.78, 5) is 0. The molecule has 6 rings (SSSR count). The van der Waals surface area contributed by atoms with Crippen molar-refractivity contribution in [3.05, 3.63) is 145 Å². The SMILES string of the molecule is Cc1n(-c2ccccc2)nc(Cc2nn(-c3ccccc3)c(C)[n+]2-c2ccccc2)[n+]1-c1ccccc1. The van der Waals surface area contributed by atoms with Gasteiger partial charge in [-0.05, 0) is 48.5 Å². The van der Waals surface area contributed by atoms with Gasteiger partial charge in [-0.1, -0.05) is 82.2 Å². The largest absolute Gasteiger partial charge is 0.293 e. The van der Waals surface area contributed by atoms with Gasteiger partial charge in [0.15, 0.2) is 0 Å². The van der Waals surface area contributed by atoms with Crippen LogP contribution in [0.4, 0.5) is 0 Å². The average Bonchev–Trinajstić information content (AvgIpc) is 3.46. The van der Waals surface area contributed by atoms with Gasteiger partial charge in [0.1, 0.15) is 29.2 Å². The molecule has 6 heteroatoms. The highest BCUT2D eigenvalue weighted by Gasteiger charge is 2.32. The van der Waals surface area contributed by atoms with Crippen LogP contribution in [-0.2, 0) is 6.42 Å². The van der Waals surface area contributed by atoms with Crippen LogP contribution in [0.15, 0.2) is 121 Å². The van der Waals surface area contributed by atoms with Crippen LogP contribution in [0.3, 0.4) is 0 Å². The summed E-state index contributed by atoms with van der Waals surface area (Å²) < 4.78 is 8.46. The Morgan fingerprint density at radius 1 is 0.486 bits per heavy atom. The fourth-order valence-electron chi connectivity index (χ4n) is 4.85. The van der Waals surface area contributed by atoms with Crippen molar-refractivity contribution < 1.29 is 9.13 Å². The van der Waals surface area contributed by atoms with Crippen LogP contribution in [-0.4, -0.2) is 19.6 Å². The first-order chi connectivity index (χ1) is 18.2. The zero-order chi connectivity index (χ0) is 25.2. The minimum atomic E-state index is 0.547. The van der Waals surface area contributed by atoms with Crippen LogP contribution in [0, 0.1) is 13.8 Å². The van der Waals surface area contributed by atoms with Crippen molar-refractivity contribution in [3.8, 4) is 22.7 Å². The van der Waals surface area contributed by atoms with E-state index in [1.807, 2.05) is 57.9 Å². The number of hydrogen-bond donors (Lipinski definition) is 0. The third-order valence-electron chi connectivity index (χ3n) is 6.55. The summed E-state index contributed by atoms with van der Waals surface area (Å²) in [5.41, 5.74) is 4.20. The second-order valence-corrected chi connectivity index (χ2v) is 8.94. The highest BCUT2D eigenvalue weighted by atomic mass is 15.4. The molecule has 0 fully saturated rings. The number of nitrogens with zero attached hydrogens (tertiary/aromatic N) is 6. The van der Waals surface area contributed by atoms with E-state index in [0.717, 1.165) is 46.0 Å². The van der Waals surface area contributed by atoms with E-state index in [9.17, 15) is 0 Å². The Morgan fingerprint density at radius 2 is 0.811 bits per heavy atom. The monoisotopic (exact) mass is 484 g/mol. The van der Waals surface area contributed by atoms with Crippen molar-refractivity contribution >= 4 is 0 Å². The molecule has 0 aliphatic heterocycles. The van der Waals surface area contributed by atoms with Crippen molar-refractivity contribution in [1.29, 1.82) is 0 Å². The second kappa shape index (κ2) is 9.66. The Labute approximate surface area is 216 Å². The van der Waals surface area contributed by atoms with Crippen molar-refractivity contribution in [2.45, 2.75) is 20.3 Å². The van der Waals surface area contributed by atoms with Crippen LogP contribution in [0.25, 0.3) is 22.7 Å². The number of aromatic nitrogens is 6. The molecule has 180 valence electrons. The van der Waals surface area contributed by atoms with E-state index in [4.69, 9.17) is 10.2 Å². The maximum absolute atomic E-state index is 5.12. The Balaban J connectivity index is 1.54. The summed E-state index contributed by atoms with van der Waals surface area (Å²) in [7, 11) is 0. The number of para-hydroxylation sites is 4. The first-order valence-electron chi connectivity index (χ1n) is 12.4. The molecule has 0 unspecified atom stereocenters. The van der Waals surface area contributed by atoms with Gasteiger partial charge in [0.05, 0.1) is 0 Å². The fraction of sp³-hybridized carbons (Fsp3) is 0.0968. The number of hydrogen-bond acceptors (Lipinski definition) is 2. The summed E-state index contributed by atoms with van der Waals surface area (Å²) in [6, 6.07) is 41.3. The van der Waals surface area contributed by atoms with E-state index in [0.29, 0.717) is 6.42 Å². The molecular formula is C31H28N6+2. The summed E-state index contributed by atoms with van der Waals surface area (Å²) in [6.45, 7) is 4.21. The van der Waals surface area contributed by atoms with Gasteiger partial charge in [-0.3, -0.25) is 0 Å². The van der Waals surface area contributed by atoms with Crippen molar-refractivity contribution in [2.75, 3.05) is 0 Å². The zero-order valence-electron chi connectivity index (χ0n) is 20.9. The zero-order valence-corrected chi connectivity index (χ0v) is 20.9. The summed E-state index contributed by atoms with van der Waals surface area (Å²) in [5, 5.41) is 10.2. The van der Waals surface area contributed by atoms with E-state index in [2.05, 4.69) is 95.8 Å². The Kier molecular flexibility index (Phi) is 5.91. The predicted octanol–water partition coefficient (Wildman–Crippen LogP) is 4.82. The topological polar surface area (TPSA) is 43.4 Å². The van der Waals surface area contributed by atoms with Gasteiger partial charge in [-0.2, -0.15) is 9.13 Å². The van der Waals surface area contributed by atoms with Gasteiger partial charge >= 0.3 is 0 Å². The summed E-state index contributed by atoms with van der Waals surface area (Å²) in [6.07, 6.45) is 0.547. The van der Waals surface area contributed by atoms with Crippen molar-refractivity contribution in [1.82, 2.24) is 19.6 Å². The van der Waals surface area contributed by atoms with Gasteiger partial charge < -0.3 is 0 Å². The van der Waals surface area contributed by atoms with E-state index in [1.165, 1.54) is 0 Å². The van der Waals surface area contributed by atoms with E-state index in [1.54, 1.807) is 0 Å². The lowest BCUT2D eigenvalue weighted by Crippen LogP contribution is -2.41. The first kappa shape index (κ1) is 22.6. The third-order valence-corrected chi connectivity index (χ3v) is 6.55. The van der Waals surface area contributed by atoms with Crippen LogP contribution in [0.5, 0.6) is 0 Å². The molecule has 0 N–H and O–H groups in total. The molecule has 0 atom stereocenters.